The highest BCUT2D eigenvalue weighted by Crippen LogP contribution is 2.13. The molecule has 2 heterocycles. The zero-order chi connectivity index (χ0) is 12.3. The maximum atomic E-state index is 11.3. The van der Waals surface area contributed by atoms with Gasteiger partial charge in [0.1, 0.15) is 13.0 Å². The van der Waals surface area contributed by atoms with Crippen molar-refractivity contribution in [1.82, 2.24) is 24.4 Å². The van der Waals surface area contributed by atoms with E-state index < -0.39 is 5.97 Å². The van der Waals surface area contributed by atoms with Gasteiger partial charge in [0.25, 0.3) is 0 Å². The molecule has 0 atom stereocenters. The number of ether oxygens (including phenoxy) is 1. The molecule has 0 bridgehead atoms. The van der Waals surface area contributed by atoms with Gasteiger partial charge in [-0.25, -0.2) is 9.91 Å². The average Bonchev–Trinajstić information content (AvgIpc) is 2.94. The lowest BCUT2D eigenvalue weighted by Gasteiger charge is -2.17. The van der Waals surface area contributed by atoms with Gasteiger partial charge in [-0.1, -0.05) is 0 Å². The second-order valence-electron chi connectivity index (χ2n) is 3.11. The number of aromatic nitrogens is 2. The van der Waals surface area contributed by atoms with Gasteiger partial charge in [0.05, 0.1) is 18.8 Å². The Labute approximate surface area is 101 Å². The molecule has 0 amide bonds. The molecular formula is C7H11N7O2S. The lowest BCUT2D eigenvalue weighted by molar-refractivity contribution is 0.0596. The Hall–Kier alpha value is -1.94. The van der Waals surface area contributed by atoms with E-state index in [1.165, 1.54) is 7.11 Å². The number of hydrazine groups is 2. The molecule has 0 aromatic carbocycles. The molecule has 1 aromatic heterocycles. The van der Waals surface area contributed by atoms with Gasteiger partial charge in [-0.2, -0.15) is 8.75 Å². The van der Waals surface area contributed by atoms with Gasteiger partial charge in [-0.15, -0.1) is 10.6 Å². The second-order valence-corrected chi connectivity index (χ2v) is 3.64. The highest BCUT2D eigenvalue weighted by molar-refractivity contribution is 6.99. The predicted octanol–water partition coefficient (Wildman–Crippen LogP) is -0.696. The molecule has 0 spiro atoms. The standard InChI is InChI=1S/C7H11N7O2S/c1-13-9-4-14(12-13)3-8-6-5(7(15)16-2)10-17-11-6/h4,12H,3H2,1-2H3,(H,8,11). The average molecular weight is 257 g/mol. The maximum Gasteiger partial charge on any atom is 0.361 e. The molecule has 1 aliphatic heterocycles. The monoisotopic (exact) mass is 257 g/mol. The Morgan fingerprint density at radius 2 is 2.47 bits per heavy atom. The second kappa shape index (κ2) is 4.93. The van der Waals surface area contributed by atoms with Gasteiger partial charge in [-0.05, 0) is 0 Å². The number of anilines is 1. The first kappa shape index (κ1) is 11.5. The number of rotatable bonds is 4. The quantitative estimate of drug-likeness (QED) is 0.684. The Balaban J connectivity index is 1.93. The summed E-state index contributed by atoms with van der Waals surface area (Å²) in [5.74, 6) is -0.118. The van der Waals surface area contributed by atoms with Crippen molar-refractivity contribution in [2.75, 3.05) is 26.1 Å². The number of nitrogens with one attached hydrogen (secondary N) is 2. The van der Waals surface area contributed by atoms with Crippen molar-refractivity contribution in [3.63, 3.8) is 0 Å². The minimum atomic E-state index is -0.513. The summed E-state index contributed by atoms with van der Waals surface area (Å²) >= 11 is 0.947. The Morgan fingerprint density at radius 1 is 1.65 bits per heavy atom. The van der Waals surface area contributed by atoms with Gasteiger partial charge >= 0.3 is 5.97 Å². The van der Waals surface area contributed by atoms with Crippen molar-refractivity contribution in [2.24, 2.45) is 5.10 Å². The number of carbonyl (C=O) groups excluding carboxylic acids is 1. The molecule has 2 N–H and O–H groups in total. The lowest BCUT2D eigenvalue weighted by Crippen LogP contribution is -2.41. The number of hydrogen-bond donors (Lipinski definition) is 2. The van der Waals surface area contributed by atoms with Crippen molar-refractivity contribution in [3.8, 4) is 0 Å². The fraction of sp³-hybridized carbons (Fsp3) is 0.429. The third kappa shape index (κ3) is 2.60. The van der Waals surface area contributed by atoms with Crippen molar-refractivity contribution in [3.05, 3.63) is 5.69 Å². The maximum absolute atomic E-state index is 11.3. The van der Waals surface area contributed by atoms with Crippen LogP contribution in [0.1, 0.15) is 10.5 Å². The van der Waals surface area contributed by atoms with Crippen LogP contribution in [0.2, 0.25) is 0 Å². The number of hydrazone groups is 1. The fourth-order valence-electron chi connectivity index (χ4n) is 1.15. The number of esters is 1. The third-order valence-corrected chi connectivity index (χ3v) is 2.45. The molecule has 1 aliphatic rings. The minimum Gasteiger partial charge on any atom is -0.464 e. The molecule has 0 saturated heterocycles. The van der Waals surface area contributed by atoms with Crippen LogP contribution in [0.3, 0.4) is 0 Å². The van der Waals surface area contributed by atoms with E-state index in [0.717, 1.165) is 11.7 Å². The Bertz CT molecular complexity index is 434. The van der Waals surface area contributed by atoms with Crippen LogP contribution in [0.25, 0.3) is 0 Å². The summed E-state index contributed by atoms with van der Waals surface area (Å²) in [6.45, 7) is 0.392. The number of methoxy groups -OCH3 is 1. The normalized spacial score (nSPS) is 14.2. The van der Waals surface area contributed by atoms with Crippen LogP contribution in [-0.4, -0.2) is 52.0 Å². The number of nitrogens with zero attached hydrogens (tertiary/aromatic N) is 5. The van der Waals surface area contributed by atoms with Gasteiger partial charge < -0.3 is 10.1 Å². The van der Waals surface area contributed by atoms with Crippen molar-refractivity contribution >= 4 is 29.9 Å². The molecule has 1 aromatic rings. The molecule has 0 saturated carbocycles. The smallest absolute Gasteiger partial charge is 0.361 e. The van der Waals surface area contributed by atoms with E-state index in [1.807, 2.05) is 0 Å². The highest BCUT2D eigenvalue weighted by Gasteiger charge is 2.18. The third-order valence-electron chi connectivity index (χ3n) is 1.92. The number of hydrogen-bond acceptors (Lipinski definition) is 10. The largest absolute Gasteiger partial charge is 0.464 e. The van der Waals surface area contributed by atoms with E-state index in [-0.39, 0.29) is 5.69 Å². The molecule has 0 aliphatic carbocycles. The highest BCUT2D eigenvalue weighted by atomic mass is 32.1. The lowest BCUT2D eigenvalue weighted by atomic mass is 10.4. The van der Waals surface area contributed by atoms with E-state index in [0.29, 0.717) is 12.5 Å². The first-order chi connectivity index (χ1) is 8.20. The summed E-state index contributed by atoms with van der Waals surface area (Å²) in [4.78, 5) is 11.3. The zero-order valence-electron chi connectivity index (χ0n) is 9.25. The van der Waals surface area contributed by atoms with Gasteiger partial charge in [0.15, 0.2) is 5.82 Å². The molecule has 92 valence electrons. The van der Waals surface area contributed by atoms with E-state index >= 15 is 0 Å². The van der Waals surface area contributed by atoms with Crippen molar-refractivity contribution < 1.29 is 9.53 Å². The van der Waals surface area contributed by atoms with Crippen molar-refractivity contribution in [1.29, 1.82) is 0 Å². The van der Waals surface area contributed by atoms with E-state index in [9.17, 15) is 4.79 Å². The first-order valence-corrected chi connectivity index (χ1v) is 5.39. The SMILES string of the molecule is COC(=O)c1nsnc1NCN1C=NN(C)N1. The van der Waals surface area contributed by atoms with Gasteiger partial charge in [-0.3, -0.25) is 5.01 Å². The molecule has 17 heavy (non-hydrogen) atoms. The van der Waals surface area contributed by atoms with Crippen LogP contribution in [0.4, 0.5) is 5.82 Å². The molecule has 2 rings (SSSR count). The molecule has 10 heteroatoms. The number of carbonyl (C=O) groups is 1. The van der Waals surface area contributed by atoms with Crippen LogP contribution in [0.15, 0.2) is 5.10 Å². The zero-order valence-corrected chi connectivity index (χ0v) is 10.1. The van der Waals surface area contributed by atoms with Crippen LogP contribution < -0.4 is 10.9 Å². The summed E-state index contributed by atoms with van der Waals surface area (Å²) in [6.07, 6.45) is 1.60. The molecule has 0 fully saturated rings. The first-order valence-electron chi connectivity index (χ1n) is 4.66. The fourth-order valence-corrected chi connectivity index (χ4v) is 1.66. The summed E-state index contributed by atoms with van der Waals surface area (Å²) in [6, 6.07) is 0. The molecule has 9 nitrogen and oxygen atoms in total. The van der Waals surface area contributed by atoms with Crippen LogP contribution in [0.5, 0.6) is 0 Å². The predicted molar refractivity (Wildman–Crippen MR) is 61.0 cm³/mol. The summed E-state index contributed by atoms with van der Waals surface area (Å²) in [7, 11) is 3.07. The van der Waals surface area contributed by atoms with Crippen molar-refractivity contribution in [2.45, 2.75) is 0 Å². The summed E-state index contributed by atoms with van der Waals surface area (Å²) < 4.78 is 12.4. The Morgan fingerprint density at radius 3 is 3.12 bits per heavy atom. The summed E-state index contributed by atoms with van der Waals surface area (Å²) in [5, 5.41) is 10.1. The minimum absolute atomic E-state index is 0.182. The van der Waals surface area contributed by atoms with Crippen LogP contribution >= 0.6 is 11.7 Å². The van der Waals surface area contributed by atoms with Crippen LogP contribution in [-0.2, 0) is 4.74 Å². The molecule has 0 unspecified atom stereocenters. The van der Waals surface area contributed by atoms with E-state index in [2.05, 4.69) is 29.4 Å². The Kier molecular flexibility index (Phi) is 3.35. The molecule has 0 radical (unpaired) electrons. The topological polar surface area (TPSA) is 95.0 Å². The van der Waals surface area contributed by atoms with Crippen LogP contribution in [0, 0.1) is 0 Å². The van der Waals surface area contributed by atoms with E-state index in [1.54, 1.807) is 23.5 Å². The van der Waals surface area contributed by atoms with Gasteiger partial charge in [0.2, 0.25) is 5.69 Å². The van der Waals surface area contributed by atoms with Gasteiger partial charge in [0, 0.05) is 7.05 Å². The van der Waals surface area contributed by atoms with E-state index in [4.69, 9.17) is 0 Å². The molecular weight excluding hydrogens is 246 g/mol. The summed E-state index contributed by atoms with van der Waals surface area (Å²) in [5.41, 5.74) is 3.08.